The molecule has 1 fully saturated rings. The molecule has 0 aliphatic carbocycles. The van der Waals surface area contributed by atoms with Crippen molar-refractivity contribution in [3.8, 4) is 0 Å². The molecule has 1 aliphatic heterocycles. The van der Waals surface area contributed by atoms with Crippen LogP contribution in [0.3, 0.4) is 0 Å². The summed E-state index contributed by atoms with van der Waals surface area (Å²) >= 11 is 1.50. The molecule has 1 aliphatic rings. The average molecular weight is 481 g/mol. The number of anilines is 1. The van der Waals surface area contributed by atoms with Gasteiger partial charge in [-0.25, -0.2) is 17.8 Å². The second-order valence-electron chi connectivity index (χ2n) is 7.68. The van der Waals surface area contributed by atoms with Gasteiger partial charge < -0.3 is 10.2 Å². The predicted molar refractivity (Wildman–Crippen MR) is 126 cm³/mol. The number of halogens is 1. The molecule has 10 heteroatoms. The molecule has 1 saturated heterocycles. The van der Waals surface area contributed by atoms with Crippen molar-refractivity contribution in [2.75, 3.05) is 30.0 Å². The van der Waals surface area contributed by atoms with Crippen molar-refractivity contribution in [1.82, 2.24) is 15.0 Å². The second kappa shape index (κ2) is 11.6. The molecule has 3 rings (SSSR count). The van der Waals surface area contributed by atoms with E-state index in [1.165, 1.54) is 49.2 Å². The first-order valence-electron chi connectivity index (χ1n) is 10.6. The van der Waals surface area contributed by atoms with E-state index >= 15 is 0 Å². The van der Waals surface area contributed by atoms with Crippen LogP contribution in [0.5, 0.6) is 0 Å². The number of thioether (sulfide) groups is 1. The van der Waals surface area contributed by atoms with Crippen molar-refractivity contribution in [2.24, 2.45) is 0 Å². The molecular weight excluding hydrogens is 451 g/mol. The number of nitrogens with zero attached hydrogens (tertiary/aromatic N) is 2. The molecular formula is C22H29FN4O3S2. The van der Waals surface area contributed by atoms with E-state index in [1.54, 1.807) is 6.20 Å². The highest BCUT2D eigenvalue weighted by molar-refractivity contribution is 7.98. The molecule has 2 aromatic rings. The first-order valence-corrected chi connectivity index (χ1v) is 13.5. The van der Waals surface area contributed by atoms with Crippen LogP contribution in [0.2, 0.25) is 0 Å². The van der Waals surface area contributed by atoms with E-state index in [-0.39, 0.29) is 13.0 Å². The summed E-state index contributed by atoms with van der Waals surface area (Å²) in [6.07, 6.45) is 7.46. The Morgan fingerprint density at radius 1 is 1.19 bits per heavy atom. The maximum Gasteiger partial charge on any atom is 0.244 e. The number of amides is 1. The number of benzene rings is 1. The molecule has 0 radical (unpaired) electrons. The molecule has 1 aromatic carbocycles. The summed E-state index contributed by atoms with van der Waals surface area (Å²) in [5.41, 5.74) is 0.819. The van der Waals surface area contributed by atoms with Gasteiger partial charge in [0.25, 0.3) is 0 Å². The molecule has 174 valence electrons. The molecule has 2 heterocycles. The van der Waals surface area contributed by atoms with E-state index < -0.39 is 32.7 Å². The van der Waals surface area contributed by atoms with E-state index in [1.807, 2.05) is 18.4 Å². The molecule has 0 bridgehead atoms. The van der Waals surface area contributed by atoms with Crippen LogP contribution in [0.25, 0.3) is 0 Å². The van der Waals surface area contributed by atoms with Gasteiger partial charge in [0.1, 0.15) is 22.6 Å². The normalized spacial score (nSPS) is 15.4. The standard InChI is InChI=1S/C22H29FN4O3S2/c1-31-14-11-19(26-32(29,30)20-8-4-3-7-18(20)23)22(28)25-16-17-9-10-21(24-15-17)27-12-5-2-6-13-27/h3-4,7-10,15,19,26H,2,5-6,11-14,16H2,1H3,(H,25,28). The number of carbonyl (C=O) groups is 1. The predicted octanol–water partition coefficient (Wildman–Crippen LogP) is 2.93. The van der Waals surface area contributed by atoms with Gasteiger partial charge in [0, 0.05) is 25.8 Å². The molecule has 2 N–H and O–H groups in total. The van der Waals surface area contributed by atoms with Gasteiger partial charge in [-0.05, 0) is 61.5 Å². The van der Waals surface area contributed by atoms with Gasteiger partial charge in [0.2, 0.25) is 15.9 Å². The Hall–Kier alpha value is -2.17. The van der Waals surface area contributed by atoms with Crippen molar-refractivity contribution in [3.63, 3.8) is 0 Å². The minimum absolute atomic E-state index is 0.226. The Balaban J connectivity index is 1.62. The fourth-order valence-corrected chi connectivity index (χ4v) is 5.32. The minimum atomic E-state index is -4.18. The number of pyridine rings is 1. The van der Waals surface area contributed by atoms with Gasteiger partial charge in [-0.3, -0.25) is 4.79 Å². The number of rotatable bonds is 10. The number of aromatic nitrogens is 1. The monoisotopic (exact) mass is 480 g/mol. The van der Waals surface area contributed by atoms with Gasteiger partial charge in [0.05, 0.1) is 0 Å². The van der Waals surface area contributed by atoms with Crippen LogP contribution >= 0.6 is 11.8 Å². The second-order valence-corrected chi connectivity index (χ2v) is 10.3. The Bertz CT molecular complexity index is 996. The number of sulfonamides is 1. The summed E-state index contributed by atoms with van der Waals surface area (Å²) in [7, 11) is -4.18. The fraction of sp³-hybridized carbons (Fsp3) is 0.455. The van der Waals surface area contributed by atoms with E-state index in [0.29, 0.717) is 5.75 Å². The van der Waals surface area contributed by atoms with Gasteiger partial charge in [0.15, 0.2) is 0 Å². The van der Waals surface area contributed by atoms with Crippen molar-refractivity contribution in [3.05, 3.63) is 54.0 Å². The maximum atomic E-state index is 14.0. The summed E-state index contributed by atoms with van der Waals surface area (Å²) < 4.78 is 41.6. The zero-order valence-electron chi connectivity index (χ0n) is 18.1. The summed E-state index contributed by atoms with van der Waals surface area (Å²) in [6.45, 7) is 2.23. The highest BCUT2D eigenvalue weighted by Crippen LogP contribution is 2.18. The van der Waals surface area contributed by atoms with Crippen molar-refractivity contribution in [1.29, 1.82) is 0 Å². The molecule has 7 nitrogen and oxygen atoms in total. The highest BCUT2D eigenvalue weighted by atomic mass is 32.2. The molecule has 1 unspecified atom stereocenters. The third-order valence-electron chi connectivity index (χ3n) is 5.31. The van der Waals surface area contributed by atoms with Crippen LogP contribution < -0.4 is 14.9 Å². The molecule has 1 atom stereocenters. The van der Waals surface area contributed by atoms with Crippen molar-refractivity contribution in [2.45, 2.75) is 43.2 Å². The lowest BCUT2D eigenvalue weighted by Gasteiger charge is -2.27. The third kappa shape index (κ3) is 6.66. The number of hydrogen-bond donors (Lipinski definition) is 2. The van der Waals surface area contributed by atoms with Crippen LogP contribution in [-0.2, 0) is 21.4 Å². The summed E-state index contributed by atoms with van der Waals surface area (Å²) in [5, 5.41) is 2.77. The highest BCUT2D eigenvalue weighted by Gasteiger charge is 2.27. The zero-order valence-corrected chi connectivity index (χ0v) is 19.7. The van der Waals surface area contributed by atoms with Crippen LogP contribution in [0.15, 0.2) is 47.5 Å². The third-order valence-corrected chi connectivity index (χ3v) is 7.46. The Kier molecular flexibility index (Phi) is 8.89. The lowest BCUT2D eigenvalue weighted by molar-refractivity contribution is -0.122. The molecule has 1 amide bonds. The van der Waals surface area contributed by atoms with Crippen LogP contribution in [0.4, 0.5) is 10.2 Å². The van der Waals surface area contributed by atoms with E-state index in [2.05, 4.69) is 19.9 Å². The van der Waals surface area contributed by atoms with Gasteiger partial charge in [-0.1, -0.05) is 18.2 Å². The van der Waals surface area contributed by atoms with E-state index in [0.717, 1.165) is 30.5 Å². The zero-order chi connectivity index (χ0) is 23.0. The van der Waals surface area contributed by atoms with E-state index in [4.69, 9.17) is 0 Å². The summed E-state index contributed by atoms with van der Waals surface area (Å²) in [4.78, 5) is 19.0. The van der Waals surface area contributed by atoms with Gasteiger partial charge in [-0.2, -0.15) is 16.5 Å². The number of piperidine rings is 1. The quantitative estimate of drug-likeness (QED) is 0.543. The lowest BCUT2D eigenvalue weighted by Crippen LogP contribution is -2.46. The Morgan fingerprint density at radius 3 is 2.59 bits per heavy atom. The van der Waals surface area contributed by atoms with Crippen molar-refractivity contribution >= 4 is 33.5 Å². The van der Waals surface area contributed by atoms with Gasteiger partial charge >= 0.3 is 0 Å². The van der Waals surface area contributed by atoms with Crippen molar-refractivity contribution < 1.29 is 17.6 Å². The number of hydrogen-bond acceptors (Lipinski definition) is 6. The number of nitrogens with one attached hydrogen (secondary N) is 2. The van der Waals surface area contributed by atoms with Crippen LogP contribution in [0.1, 0.15) is 31.2 Å². The molecule has 0 saturated carbocycles. The number of carbonyl (C=O) groups excluding carboxylic acids is 1. The fourth-order valence-electron chi connectivity index (χ4n) is 3.54. The topological polar surface area (TPSA) is 91.4 Å². The molecule has 32 heavy (non-hydrogen) atoms. The van der Waals surface area contributed by atoms with Crippen LogP contribution in [0, 0.1) is 5.82 Å². The Labute approximate surface area is 193 Å². The first kappa shape index (κ1) is 24.5. The molecule has 0 spiro atoms. The Morgan fingerprint density at radius 2 is 1.94 bits per heavy atom. The minimum Gasteiger partial charge on any atom is -0.357 e. The smallest absolute Gasteiger partial charge is 0.244 e. The maximum absolute atomic E-state index is 14.0. The summed E-state index contributed by atoms with van der Waals surface area (Å²) in [6, 6.07) is 7.96. The van der Waals surface area contributed by atoms with E-state index in [9.17, 15) is 17.6 Å². The largest absolute Gasteiger partial charge is 0.357 e. The summed E-state index contributed by atoms with van der Waals surface area (Å²) in [5.74, 6) is 0.183. The first-order chi connectivity index (χ1) is 15.4. The lowest BCUT2D eigenvalue weighted by atomic mass is 10.1. The van der Waals surface area contributed by atoms with Gasteiger partial charge in [-0.15, -0.1) is 0 Å². The average Bonchev–Trinajstić information content (AvgIpc) is 2.81. The molecule has 1 aromatic heterocycles. The van der Waals surface area contributed by atoms with Crippen LogP contribution in [-0.4, -0.2) is 50.4 Å². The SMILES string of the molecule is CSCCC(NS(=O)(=O)c1ccccc1F)C(=O)NCc1ccc(N2CCCCC2)nc1.